The molecule has 1 rings (SSSR count). The largest absolute Gasteiger partial charge is 0.477 e. The van der Waals surface area contributed by atoms with Gasteiger partial charge in [0.1, 0.15) is 10.6 Å². The minimum absolute atomic E-state index is 0.123. The molecule has 0 aliphatic rings. The minimum atomic E-state index is -3.84. The van der Waals surface area contributed by atoms with Crippen molar-refractivity contribution in [2.45, 2.75) is 18.7 Å². The number of nitrogens with one attached hydrogen (secondary N) is 2. The number of hydrogen-bond donors (Lipinski definition) is 4. The van der Waals surface area contributed by atoms with E-state index in [1.165, 1.54) is 13.8 Å². The molecule has 0 saturated carbocycles. The van der Waals surface area contributed by atoms with Gasteiger partial charge in [-0.3, -0.25) is 5.84 Å². The summed E-state index contributed by atoms with van der Waals surface area (Å²) in [7, 11) is -3.84. The van der Waals surface area contributed by atoms with Gasteiger partial charge >= 0.3 is 5.97 Å². The van der Waals surface area contributed by atoms with Gasteiger partial charge in [0, 0.05) is 11.3 Å². The second-order valence-electron chi connectivity index (χ2n) is 3.01. The summed E-state index contributed by atoms with van der Waals surface area (Å²) in [5.74, 6) is 3.65. The van der Waals surface area contributed by atoms with Gasteiger partial charge in [0.05, 0.1) is 0 Å². The van der Waals surface area contributed by atoms with E-state index in [0.717, 1.165) is 0 Å². The first-order chi connectivity index (χ1) is 6.81. The molecule has 15 heavy (non-hydrogen) atoms. The SMILES string of the molecule is Cc1[nH]c(C(=O)O)c(C)c1S(=O)(=O)NN. The normalized spacial score (nSPS) is 11.7. The van der Waals surface area contributed by atoms with Crippen molar-refractivity contribution < 1.29 is 18.3 Å². The van der Waals surface area contributed by atoms with Crippen LogP contribution in [0.3, 0.4) is 0 Å². The Bertz CT molecular complexity index is 503. The fraction of sp³-hybridized carbons (Fsp3) is 0.286. The van der Waals surface area contributed by atoms with E-state index in [-0.39, 0.29) is 21.8 Å². The Kier molecular flexibility index (Phi) is 2.84. The molecule has 0 atom stereocenters. The van der Waals surface area contributed by atoms with Crippen molar-refractivity contribution >= 4 is 16.0 Å². The molecule has 1 aromatic rings. The monoisotopic (exact) mass is 233 g/mol. The highest BCUT2D eigenvalue weighted by atomic mass is 32.2. The molecule has 0 unspecified atom stereocenters. The zero-order chi connectivity index (χ0) is 11.8. The third-order valence-corrected chi connectivity index (χ3v) is 3.47. The van der Waals surface area contributed by atoms with Gasteiger partial charge in [-0.2, -0.15) is 0 Å². The number of aromatic amines is 1. The maximum atomic E-state index is 11.4. The predicted molar refractivity (Wildman–Crippen MR) is 51.7 cm³/mol. The van der Waals surface area contributed by atoms with Crippen LogP contribution in [0.1, 0.15) is 21.7 Å². The number of rotatable bonds is 3. The van der Waals surface area contributed by atoms with Crippen LogP contribution < -0.4 is 10.7 Å². The fourth-order valence-electron chi connectivity index (χ4n) is 1.41. The van der Waals surface area contributed by atoms with Crippen molar-refractivity contribution in [3.8, 4) is 0 Å². The molecule has 0 bridgehead atoms. The Balaban J connectivity index is 3.52. The highest BCUT2D eigenvalue weighted by Gasteiger charge is 2.25. The molecule has 5 N–H and O–H groups in total. The van der Waals surface area contributed by atoms with Crippen LogP contribution in [-0.4, -0.2) is 24.5 Å². The van der Waals surface area contributed by atoms with Gasteiger partial charge < -0.3 is 10.1 Å². The number of hydrogen-bond acceptors (Lipinski definition) is 4. The van der Waals surface area contributed by atoms with Gasteiger partial charge in [-0.25, -0.2) is 13.2 Å². The van der Waals surface area contributed by atoms with Crippen LogP contribution >= 0.6 is 0 Å². The van der Waals surface area contributed by atoms with E-state index < -0.39 is 16.0 Å². The molecule has 0 aliphatic heterocycles. The smallest absolute Gasteiger partial charge is 0.352 e. The lowest BCUT2D eigenvalue weighted by Gasteiger charge is -2.02. The number of aryl methyl sites for hydroxylation is 1. The number of carboxylic acids is 1. The van der Waals surface area contributed by atoms with Crippen LogP contribution in [0.4, 0.5) is 0 Å². The van der Waals surface area contributed by atoms with E-state index in [1.54, 1.807) is 4.83 Å². The van der Waals surface area contributed by atoms with E-state index in [9.17, 15) is 13.2 Å². The summed E-state index contributed by atoms with van der Waals surface area (Å²) in [6.45, 7) is 2.86. The zero-order valence-corrected chi connectivity index (χ0v) is 8.97. The van der Waals surface area contributed by atoms with Crippen molar-refractivity contribution in [1.82, 2.24) is 9.82 Å². The Morgan fingerprint density at radius 1 is 1.47 bits per heavy atom. The van der Waals surface area contributed by atoms with Crippen molar-refractivity contribution in [3.63, 3.8) is 0 Å². The molecule has 0 radical (unpaired) electrons. The van der Waals surface area contributed by atoms with Crippen molar-refractivity contribution in [2.75, 3.05) is 0 Å². The van der Waals surface area contributed by atoms with Gasteiger partial charge in [0.25, 0.3) is 10.0 Å². The predicted octanol–water partition coefficient (Wildman–Crippen LogP) is -0.518. The molecule has 0 spiro atoms. The third-order valence-electron chi connectivity index (χ3n) is 2.01. The minimum Gasteiger partial charge on any atom is -0.477 e. The molecule has 0 aromatic carbocycles. The summed E-state index contributed by atoms with van der Waals surface area (Å²) in [4.78, 5) is 14.7. The lowest BCUT2D eigenvalue weighted by Crippen LogP contribution is -2.30. The number of aromatic carboxylic acids is 1. The highest BCUT2D eigenvalue weighted by molar-refractivity contribution is 7.89. The first-order valence-electron chi connectivity index (χ1n) is 3.96. The molecule has 1 aromatic heterocycles. The molecule has 84 valence electrons. The third kappa shape index (κ3) is 1.87. The van der Waals surface area contributed by atoms with E-state index >= 15 is 0 Å². The lowest BCUT2D eigenvalue weighted by molar-refractivity contribution is 0.0690. The number of nitrogens with two attached hydrogens (primary N) is 1. The van der Waals surface area contributed by atoms with E-state index in [1.807, 2.05) is 0 Å². The molecule has 7 nitrogen and oxygen atoms in total. The highest BCUT2D eigenvalue weighted by Crippen LogP contribution is 2.22. The maximum Gasteiger partial charge on any atom is 0.352 e. The maximum absolute atomic E-state index is 11.4. The molecular weight excluding hydrogens is 222 g/mol. The summed E-state index contributed by atoms with van der Waals surface area (Å²) >= 11 is 0. The number of aromatic nitrogens is 1. The van der Waals surface area contributed by atoms with Crippen LogP contribution in [0.5, 0.6) is 0 Å². The first-order valence-corrected chi connectivity index (χ1v) is 5.44. The molecule has 0 aliphatic carbocycles. The number of sulfonamides is 1. The Labute approximate surface area is 86.3 Å². The van der Waals surface area contributed by atoms with Gasteiger partial charge in [-0.1, -0.05) is 0 Å². The van der Waals surface area contributed by atoms with E-state index in [0.29, 0.717) is 0 Å². The number of carbonyl (C=O) groups is 1. The molecule has 1 heterocycles. The molecule has 8 heteroatoms. The van der Waals surface area contributed by atoms with Crippen LogP contribution in [0.15, 0.2) is 4.90 Å². The lowest BCUT2D eigenvalue weighted by atomic mass is 10.2. The zero-order valence-electron chi connectivity index (χ0n) is 8.16. The van der Waals surface area contributed by atoms with Crippen LogP contribution in [0, 0.1) is 13.8 Å². The van der Waals surface area contributed by atoms with Crippen LogP contribution in [-0.2, 0) is 10.0 Å². The van der Waals surface area contributed by atoms with Gasteiger partial charge in [-0.15, -0.1) is 4.83 Å². The second-order valence-corrected chi connectivity index (χ2v) is 4.66. The summed E-state index contributed by atoms with van der Waals surface area (Å²) < 4.78 is 22.9. The van der Waals surface area contributed by atoms with Crippen molar-refractivity contribution in [2.24, 2.45) is 5.84 Å². The quantitative estimate of drug-likeness (QED) is 0.413. The van der Waals surface area contributed by atoms with Crippen LogP contribution in [0.25, 0.3) is 0 Å². The van der Waals surface area contributed by atoms with Crippen molar-refractivity contribution in [1.29, 1.82) is 0 Å². The Morgan fingerprint density at radius 3 is 2.33 bits per heavy atom. The van der Waals surface area contributed by atoms with E-state index in [4.69, 9.17) is 10.9 Å². The molecule has 0 amide bonds. The molecule has 0 fully saturated rings. The summed E-state index contributed by atoms with van der Waals surface area (Å²) in [6.07, 6.45) is 0. The number of hydrazine groups is 1. The second kappa shape index (κ2) is 3.65. The Hall–Kier alpha value is -1.38. The van der Waals surface area contributed by atoms with Gasteiger partial charge in [-0.05, 0) is 13.8 Å². The van der Waals surface area contributed by atoms with Gasteiger partial charge in [0.2, 0.25) is 0 Å². The van der Waals surface area contributed by atoms with Crippen molar-refractivity contribution in [3.05, 3.63) is 17.0 Å². The average molecular weight is 233 g/mol. The Morgan fingerprint density at radius 2 is 2.00 bits per heavy atom. The van der Waals surface area contributed by atoms with Gasteiger partial charge in [0.15, 0.2) is 0 Å². The van der Waals surface area contributed by atoms with E-state index in [2.05, 4.69) is 4.98 Å². The standard InChI is InChI=1S/C7H11N3O4S/c1-3-5(7(11)12)9-4(2)6(3)15(13,14)10-8/h9-10H,8H2,1-2H3,(H,11,12). The average Bonchev–Trinajstić information content (AvgIpc) is 2.42. The molecular formula is C7H11N3O4S. The number of H-pyrrole nitrogens is 1. The summed E-state index contributed by atoms with van der Waals surface area (Å²) in [5.41, 5.74) is 0.224. The summed E-state index contributed by atoms with van der Waals surface area (Å²) in [6, 6.07) is 0. The topological polar surface area (TPSA) is 125 Å². The fourth-order valence-corrected chi connectivity index (χ4v) is 2.49. The molecule has 0 saturated heterocycles. The number of carboxylic acid groups (broad SMARTS) is 1. The summed E-state index contributed by atoms with van der Waals surface area (Å²) in [5, 5.41) is 8.76. The first kappa shape index (κ1) is 11.7. The van der Waals surface area contributed by atoms with Crippen LogP contribution in [0.2, 0.25) is 0 Å².